The van der Waals surface area contributed by atoms with Gasteiger partial charge in [0.1, 0.15) is 5.75 Å². The summed E-state index contributed by atoms with van der Waals surface area (Å²) in [6.07, 6.45) is -4.33. The largest absolute Gasteiger partial charge is 0.478 e. The number of alkyl halides is 3. The number of nitrogens with zero attached hydrogens (tertiary/aromatic N) is 1. The van der Waals surface area contributed by atoms with Gasteiger partial charge >= 0.3 is 6.18 Å². The Morgan fingerprint density at radius 1 is 1.17 bits per heavy atom. The normalized spacial score (nSPS) is 17.1. The molecule has 0 aliphatic carbocycles. The number of amides is 1. The lowest BCUT2D eigenvalue weighted by Gasteiger charge is -2.21. The van der Waals surface area contributed by atoms with E-state index in [0.29, 0.717) is 5.69 Å². The molecule has 1 N–H and O–H groups in total. The number of halogens is 3. The van der Waals surface area contributed by atoms with Gasteiger partial charge in [0.15, 0.2) is 6.10 Å². The minimum Gasteiger partial charge on any atom is -0.478 e. The van der Waals surface area contributed by atoms with Gasteiger partial charge in [0.05, 0.1) is 17.5 Å². The predicted octanol–water partition coefficient (Wildman–Crippen LogP) is 3.57. The van der Waals surface area contributed by atoms with E-state index in [1.165, 1.54) is 4.31 Å². The number of carbonyl (C=O) groups is 1. The van der Waals surface area contributed by atoms with E-state index in [9.17, 15) is 26.4 Å². The molecule has 3 rings (SSSR count). The molecule has 2 aromatic carbocycles. The van der Waals surface area contributed by atoms with Crippen LogP contribution < -0.4 is 14.4 Å². The van der Waals surface area contributed by atoms with E-state index in [0.717, 1.165) is 36.1 Å². The monoisotopic (exact) mass is 428 g/mol. The van der Waals surface area contributed by atoms with Gasteiger partial charge in [-0.15, -0.1) is 0 Å². The van der Waals surface area contributed by atoms with E-state index in [4.69, 9.17) is 4.74 Å². The number of aryl methyl sites for hydroxylation is 1. The molecule has 0 fully saturated rings. The van der Waals surface area contributed by atoms with Crippen LogP contribution in [0.15, 0.2) is 42.5 Å². The maximum absolute atomic E-state index is 12.7. The first-order chi connectivity index (χ1) is 13.4. The summed E-state index contributed by atoms with van der Waals surface area (Å²) in [4.78, 5) is 12.6. The molecule has 29 heavy (non-hydrogen) atoms. The van der Waals surface area contributed by atoms with Gasteiger partial charge in [-0.1, -0.05) is 6.07 Å². The molecule has 1 atom stereocenters. The van der Waals surface area contributed by atoms with Crippen LogP contribution in [0.2, 0.25) is 0 Å². The second-order valence-electron chi connectivity index (χ2n) is 6.77. The van der Waals surface area contributed by atoms with E-state index in [1.54, 1.807) is 25.1 Å². The highest BCUT2D eigenvalue weighted by atomic mass is 32.2. The topological polar surface area (TPSA) is 75.7 Å². The standard InChI is InChI=1S/C19H19F3N2O4S/c1-12-3-8-16-15(11-12)24(29(2,26)27)10-9-17(28-16)18(25)23-14-6-4-13(5-7-14)19(20,21)22/h3-8,11,17H,9-10H2,1-2H3,(H,23,25)/t17-/m1/s1. The quantitative estimate of drug-likeness (QED) is 0.811. The SMILES string of the molecule is Cc1ccc2c(c1)N(S(C)(=O)=O)CC[C@H](C(=O)Nc1ccc(C(F)(F)F)cc1)O2. The van der Waals surface area contributed by atoms with Crippen LogP contribution in [0.25, 0.3) is 0 Å². The molecular formula is C19H19F3N2O4S. The minimum atomic E-state index is -4.47. The molecule has 1 aliphatic rings. The van der Waals surface area contributed by atoms with Gasteiger partial charge in [0.25, 0.3) is 5.91 Å². The van der Waals surface area contributed by atoms with Crippen molar-refractivity contribution in [2.45, 2.75) is 25.6 Å². The van der Waals surface area contributed by atoms with Gasteiger partial charge in [-0.25, -0.2) is 8.42 Å². The molecule has 0 bridgehead atoms. The molecule has 6 nitrogen and oxygen atoms in total. The molecule has 0 aromatic heterocycles. The zero-order valence-electron chi connectivity index (χ0n) is 15.7. The Morgan fingerprint density at radius 3 is 2.41 bits per heavy atom. The molecule has 0 spiro atoms. The Balaban J connectivity index is 1.81. The van der Waals surface area contributed by atoms with Gasteiger partial charge < -0.3 is 10.1 Å². The number of ether oxygens (including phenoxy) is 1. The van der Waals surface area contributed by atoms with Crippen LogP contribution in [0.3, 0.4) is 0 Å². The number of hydrogen-bond donors (Lipinski definition) is 1. The molecule has 10 heteroatoms. The summed E-state index contributed by atoms with van der Waals surface area (Å²) in [5.41, 5.74) is 0.528. The summed E-state index contributed by atoms with van der Waals surface area (Å²) in [5, 5.41) is 2.51. The van der Waals surface area contributed by atoms with Crippen LogP contribution in [0.1, 0.15) is 17.5 Å². The Kier molecular flexibility index (Phi) is 5.48. The lowest BCUT2D eigenvalue weighted by molar-refractivity contribution is -0.137. The number of anilines is 2. The van der Waals surface area contributed by atoms with E-state index >= 15 is 0 Å². The number of benzene rings is 2. The third kappa shape index (κ3) is 4.81. The van der Waals surface area contributed by atoms with Crippen LogP contribution in [0, 0.1) is 6.92 Å². The molecule has 1 aliphatic heterocycles. The van der Waals surface area contributed by atoms with Crippen molar-refractivity contribution in [2.24, 2.45) is 0 Å². The third-order valence-electron chi connectivity index (χ3n) is 4.42. The number of carbonyl (C=O) groups excluding carboxylic acids is 1. The summed E-state index contributed by atoms with van der Waals surface area (Å²) >= 11 is 0. The maximum Gasteiger partial charge on any atom is 0.416 e. The smallest absolute Gasteiger partial charge is 0.416 e. The Morgan fingerprint density at radius 2 is 1.83 bits per heavy atom. The Hall–Kier alpha value is -2.75. The number of nitrogens with one attached hydrogen (secondary N) is 1. The first-order valence-electron chi connectivity index (χ1n) is 8.68. The van der Waals surface area contributed by atoms with Crippen LogP contribution >= 0.6 is 0 Å². The van der Waals surface area contributed by atoms with Gasteiger partial charge in [-0.05, 0) is 48.9 Å². The fraction of sp³-hybridized carbons (Fsp3) is 0.316. The molecule has 1 amide bonds. The number of fused-ring (bicyclic) bond motifs is 1. The average Bonchev–Trinajstić information content (AvgIpc) is 2.80. The summed E-state index contributed by atoms with van der Waals surface area (Å²) in [6, 6.07) is 9.02. The highest BCUT2D eigenvalue weighted by Crippen LogP contribution is 2.35. The minimum absolute atomic E-state index is 0.0282. The first kappa shape index (κ1) is 21.0. The van der Waals surface area contributed by atoms with E-state index < -0.39 is 33.8 Å². The van der Waals surface area contributed by atoms with Crippen LogP contribution in [0.4, 0.5) is 24.5 Å². The average molecular weight is 428 g/mol. The summed E-state index contributed by atoms with van der Waals surface area (Å²) in [6.45, 7) is 1.83. The van der Waals surface area contributed by atoms with Crippen LogP contribution in [-0.4, -0.2) is 33.2 Å². The van der Waals surface area contributed by atoms with Crippen LogP contribution in [0.5, 0.6) is 5.75 Å². The Labute approximate surface area is 166 Å². The van der Waals surface area contributed by atoms with E-state index in [1.807, 2.05) is 0 Å². The second-order valence-corrected chi connectivity index (χ2v) is 8.67. The van der Waals surface area contributed by atoms with Crippen molar-refractivity contribution in [3.8, 4) is 5.75 Å². The number of hydrogen-bond acceptors (Lipinski definition) is 4. The van der Waals surface area contributed by atoms with E-state index in [-0.39, 0.29) is 24.4 Å². The summed E-state index contributed by atoms with van der Waals surface area (Å²) in [7, 11) is -3.59. The lowest BCUT2D eigenvalue weighted by atomic mass is 10.2. The second kappa shape index (κ2) is 7.58. The molecule has 1 heterocycles. The lowest BCUT2D eigenvalue weighted by Crippen LogP contribution is -2.36. The predicted molar refractivity (Wildman–Crippen MR) is 102 cm³/mol. The number of rotatable bonds is 3. The van der Waals surface area contributed by atoms with Crippen molar-refractivity contribution >= 4 is 27.3 Å². The maximum atomic E-state index is 12.7. The molecule has 0 saturated carbocycles. The molecule has 156 valence electrons. The van der Waals surface area contributed by atoms with Crippen molar-refractivity contribution < 1.29 is 31.1 Å². The highest BCUT2D eigenvalue weighted by Gasteiger charge is 2.32. The zero-order chi connectivity index (χ0) is 21.4. The summed E-state index contributed by atoms with van der Waals surface area (Å²) < 4.78 is 69.3. The van der Waals surface area contributed by atoms with Crippen molar-refractivity contribution in [3.63, 3.8) is 0 Å². The van der Waals surface area contributed by atoms with Crippen molar-refractivity contribution in [3.05, 3.63) is 53.6 Å². The van der Waals surface area contributed by atoms with Gasteiger partial charge in [-0.2, -0.15) is 13.2 Å². The third-order valence-corrected chi connectivity index (χ3v) is 5.60. The number of sulfonamides is 1. The fourth-order valence-corrected chi connectivity index (χ4v) is 3.92. The highest BCUT2D eigenvalue weighted by molar-refractivity contribution is 7.92. The van der Waals surface area contributed by atoms with Crippen molar-refractivity contribution in [2.75, 3.05) is 22.4 Å². The summed E-state index contributed by atoms with van der Waals surface area (Å²) in [5.74, 6) is -0.335. The van der Waals surface area contributed by atoms with E-state index in [2.05, 4.69) is 5.32 Å². The molecule has 0 radical (unpaired) electrons. The van der Waals surface area contributed by atoms with Gasteiger partial charge in [0.2, 0.25) is 10.0 Å². The van der Waals surface area contributed by atoms with Gasteiger partial charge in [0, 0.05) is 18.7 Å². The fourth-order valence-electron chi connectivity index (χ4n) is 2.98. The first-order valence-corrected chi connectivity index (χ1v) is 10.5. The molecular weight excluding hydrogens is 409 g/mol. The van der Waals surface area contributed by atoms with Crippen molar-refractivity contribution in [1.82, 2.24) is 0 Å². The zero-order valence-corrected chi connectivity index (χ0v) is 16.5. The Bertz CT molecular complexity index is 1020. The van der Waals surface area contributed by atoms with Crippen LogP contribution in [-0.2, 0) is 21.0 Å². The molecule has 2 aromatic rings. The van der Waals surface area contributed by atoms with Gasteiger partial charge in [-0.3, -0.25) is 9.10 Å². The molecule has 0 saturated heterocycles. The molecule has 0 unspecified atom stereocenters. The van der Waals surface area contributed by atoms with Crippen molar-refractivity contribution in [1.29, 1.82) is 0 Å².